The van der Waals surface area contributed by atoms with Gasteiger partial charge in [0.25, 0.3) is 0 Å². The molecule has 0 unspecified atom stereocenters. The van der Waals surface area contributed by atoms with E-state index in [0.29, 0.717) is 13.2 Å². The van der Waals surface area contributed by atoms with E-state index in [2.05, 4.69) is 18.1 Å². The summed E-state index contributed by atoms with van der Waals surface area (Å²) in [4.78, 5) is 13.1. The van der Waals surface area contributed by atoms with Crippen molar-refractivity contribution in [1.29, 1.82) is 0 Å². The lowest BCUT2D eigenvalue weighted by Crippen LogP contribution is -2.24. The van der Waals surface area contributed by atoms with Gasteiger partial charge >= 0.3 is 5.97 Å². The SMILES string of the molecule is C=CCN(CC=C)C/C=C/C(=O)OCC. The molecule has 0 aliphatic heterocycles. The quantitative estimate of drug-likeness (QED) is 0.347. The number of hydrogen-bond donors (Lipinski definition) is 0. The van der Waals surface area contributed by atoms with E-state index in [9.17, 15) is 4.79 Å². The van der Waals surface area contributed by atoms with Crippen molar-refractivity contribution in [3.63, 3.8) is 0 Å². The maximum atomic E-state index is 11.0. The summed E-state index contributed by atoms with van der Waals surface area (Å²) in [5, 5.41) is 0. The molecule has 0 atom stereocenters. The first-order valence-corrected chi connectivity index (χ1v) is 5.02. The minimum absolute atomic E-state index is 0.297. The first kappa shape index (κ1) is 13.7. The van der Waals surface area contributed by atoms with Crippen LogP contribution in [0.4, 0.5) is 0 Å². The molecule has 0 spiro atoms. The zero-order valence-corrected chi connectivity index (χ0v) is 9.32. The molecule has 0 bridgehead atoms. The van der Waals surface area contributed by atoms with Crippen molar-refractivity contribution in [2.75, 3.05) is 26.2 Å². The fourth-order valence-electron chi connectivity index (χ4n) is 1.08. The summed E-state index contributed by atoms with van der Waals surface area (Å²) in [6.45, 7) is 11.8. The zero-order chi connectivity index (χ0) is 11.5. The molecule has 0 aromatic heterocycles. The lowest BCUT2D eigenvalue weighted by molar-refractivity contribution is -0.137. The first-order valence-electron chi connectivity index (χ1n) is 5.02. The van der Waals surface area contributed by atoms with Gasteiger partial charge in [-0.1, -0.05) is 18.2 Å². The Hall–Kier alpha value is -1.35. The van der Waals surface area contributed by atoms with E-state index in [1.54, 1.807) is 13.0 Å². The fourth-order valence-corrected chi connectivity index (χ4v) is 1.08. The third-order valence-electron chi connectivity index (χ3n) is 1.68. The molecule has 0 aliphatic rings. The molecule has 3 heteroatoms. The smallest absolute Gasteiger partial charge is 0.330 e. The highest BCUT2D eigenvalue weighted by atomic mass is 16.5. The molecule has 0 rings (SSSR count). The third-order valence-corrected chi connectivity index (χ3v) is 1.68. The van der Waals surface area contributed by atoms with Crippen molar-refractivity contribution >= 4 is 5.97 Å². The monoisotopic (exact) mass is 209 g/mol. The summed E-state index contributed by atoms with van der Waals surface area (Å²) in [5.41, 5.74) is 0. The van der Waals surface area contributed by atoms with Crippen LogP contribution in [0.3, 0.4) is 0 Å². The lowest BCUT2D eigenvalue weighted by atomic mass is 10.4. The van der Waals surface area contributed by atoms with Crippen LogP contribution in [0.25, 0.3) is 0 Å². The summed E-state index contributed by atoms with van der Waals surface area (Å²) in [6, 6.07) is 0. The number of nitrogens with zero attached hydrogens (tertiary/aromatic N) is 1. The molecule has 0 aromatic rings. The van der Waals surface area contributed by atoms with Crippen LogP contribution in [0, 0.1) is 0 Å². The molecule has 0 radical (unpaired) electrons. The van der Waals surface area contributed by atoms with Gasteiger partial charge < -0.3 is 4.74 Å². The molecule has 0 aromatic carbocycles. The summed E-state index contributed by atoms with van der Waals surface area (Å²) < 4.78 is 4.76. The Morgan fingerprint density at radius 1 is 1.27 bits per heavy atom. The molecular weight excluding hydrogens is 190 g/mol. The molecule has 15 heavy (non-hydrogen) atoms. The van der Waals surface area contributed by atoms with Gasteiger partial charge in [0.05, 0.1) is 6.61 Å². The molecule has 0 heterocycles. The van der Waals surface area contributed by atoms with Gasteiger partial charge in [-0.3, -0.25) is 4.90 Å². The van der Waals surface area contributed by atoms with E-state index < -0.39 is 0 Å². The van der Waals surface area contributed by atoms with Gasteiger partial charge in [0.2, 0.25) is 0 Å². The summed E-state index contributed by atoms with van der Waals surface area (Å²) in [7, 11) is 0. The van der Waals surface area contributed by atoms with Gasteiger partial charge in [-0.05, 0) is 6.92 Å². The number of carbonyl (C=O) groups excluding carboxylic acids is 1. The molecule has 3 nitrogen and oxygen atoms in total. The molecule has 0 saturated carbocycles. The van der Waals surface area contributed by atoms with Gasteiger partial charge in [-0.25, -0.2) is 4.79 Å². The predicted molar refractivity (Wildman–Crippen MR) is 62.6 cm³/mol. The van der Waals surface area contributed by atoms with Crippen molar-refractivity contribution in [2.24, 2.45) is 0 Å². The van der Waals surface area contributed by atoms with Crippen molar-refractivity contribution in [2.45, 2.75) is 6.92 Å². The maximum absolute atomic E-state index is 11.0. The zero-order valence-electron chi connectivity index (χ0n) is 9.32. The summed E-state index contributed by atoms with van der Waals surface area (Å²) in [6.07, 6.45) is 6.87. The van der Waals surface area contributed by atoms with Crippen molar-refractivity contribution in [3.8, 4) is 0 Å². The van der Waals surface area contributed by atoms with E-state index in [1.165, 1.54) is 6.08 Å². The van der Waals surface area contributed by atoms with Gasteiger partial charge in [-0.2, -0.15) is 0 Å². The normalized spacial score (nSPS) is 10.5. The van der Waals surface area contributed by atoms with Crippen LogP contribution in [0.5, 0.6) is 0 Å². The summed E-state index contributed by atoms with van der Waals surface area (Å²) >= 11 is 0. The minimum Gasteiger partial charge on any atom is -0.463 e. The van der Waals surface area contributed by atoms with Gasteiger partial charge in [-0.15, -0.1) is 13.2 Å². The minimum atomic E-state index is -0.297. The van der Waals surface area contributed by atoms with Crippen LogP contribution in [0.15, 0.2) is 37.5 Å². The van der Waals surface area contributed by atoms with Crippen molar-refractivity contribution in [1.82, 2.24) is 4.90 Å². The summed E-state index contributed by atoms with van der Waals surface area (Å²) in [5.74, 6) is -0.297. The molecule has 0 amide bonds. The average molecular weight is 209 g/mol. The molecule has 0 N–H and O–H groups in total. The topological polar surface area (TPSA) is 29.5 Å². The van der Waals surface area contributed by atoms with Crippen LogP contribution >= 0.6 is 0 Å². The van der Waals surface area contributed by atoms with Gasteiger partial charge in [0, 0.05) is 25.7 Å². The van der Waals surface area contributed by atoms with E-state index in [-0.39, 0.29) is 5.97 Å². The number of hydrogen-bond acceptors (Lipinski definition) is 3. The van der Waals surface area contributed by atoms with Crippen LogP contribution in [0.1, 0.15) is 6.92 Å². The standard InChI is InChI=1S/C12H19NO2/c1-4-9-13(10-5-2)11-7-8-12(14)15-6-3/h4-5,7-8H,1-2,6,9-11H2,3H3/b8-7+. The van der Waals surface area contributed by atoms with E-state index >= 15 is 0 Å². The Morgan fingerprint density at radius 3 is 2.33 bits per heavy atom. The second-order valence-electron chi connectivity index (χ2n) is 2.95. The van der Waals surface area contributed by atoms with E-state index in [0.717, 1.165) is 13.1 Å². The molecular formula is C12H19NO2. The predicted octanol–water partition coefficient (Wildman–Crippen LogP) is 1.78. The molecule has 84 valence electrons. The van der Waals surface area contributed by atoms with Crippen molar-refractivity contribution < 1.29 is 9.53 Å². The number of rotatable bonds is 8. The number of esters is 1. The Bertz CT molecular complexity index is 224. The van der Waals surface area contributed by atoms with Gasteiger partial charge in [0.15, 0.2) is 0 Å². The fraction of sp³-hybridized carbons (Fsp3) is 0.417. The Balaban J connectivity index is 3.90. The van der Waals surface area contributed by atoms with Crippen LogP contribution in [-0.2, 0) is 9.53 Å². The average Bonchev–Trinajstić information content (AvgIpc) is 2.19. The Kier molecular flexibility index (Phi) is 8.39. The number of ether oxygens (including phenoxy) is 1. The van der Waals surface area contributed by atoms with Crippen LogP contribution in [0.2, 0.25) is 0 Å². The van der Waals surface area contributed by atoms with Crippen molar-refractivity contribution in [3.05, 3.63) is 37.5 Å². The molecule has 0 saturated heterocycles. The van der Waals surface area contributed by atoms with Crippen LogP contribution < -0.4 is 0 Å². The second-order valence-corrected chi connectivity index (χ2v) is 2.95. The van der Waals surface area contributed by atoms with E-state index in [4.69, 9.17) is 4.74 Å². The largest absolute Gasteiger partial charge is 0.463 e. The van der Waals surface area contributed by atoms with Gasteiger partial charge in [0.1, 0.15) is 0 Å². The maximum Gasteiger partial charge on any atom is 0.330 e. The van der Waals surface area contributed by atoms with E-state index in [1.807, 2.05) is 12.2 Å². The highest BCUT2D eigenvalue weighted by Gasteiger charge is 1.98. The highest BCUT2D eigenvalue weighted by Crippen LogP contribution is 1.91. The first-order chi connectivity index (χ1) is 7.24. The Labute approximate surface area is 91.7 Å². The lowest BCUT2D eigenvalue weighted by Gasteiger charge is -2.15. The highest BCUT2D eigenvalue weighted by molar-refractivity contribution is 5.81. The Morgan fingerprint density at radius 2 is 1.87 bits per heavy atom. The molecule has 0 aliphatic carbocycles. The number of carbonyl (C=O) groups is 1. The van der Waals surface area contributed by atoms with Crippen LogP contribution in [-0.4, -0.2) is 37.1 Å². The third kappa shape index (κ3) is 7.70. The second kappa shape index (κ2) is 9.21. The molecule has 0 fully saturated rings.